The lowest BCUT2D eigenvalue weighted by atomic mass is 9.81. The fourth-order valence-corrected chi connectivity index (χ4v) is 7.79. The third-order valence-electron chi connectivity index (χ3n) is 7.72. The lowest BCUT2D eigenvalue weighted by Gasteiger charge is -2.40. The number of oxazole rings is 1. The average molecular weight is 611 g/mol. The molecule has 1 saturated heterocycles. The van der Waals surface area contributed by atoms with E-state index < -0.39 is 27.5 Å². The Morgan fingerprint density at radius 1 is 1.00 bits per heavy atom. The lowest BCUT2D eigenvalue weighted by Crippen LogP contribution is -2.54. The quantitative estimate of drug-likeness (QED) is 0.280. The van der Waals surface area contributed by atoms with Gasteiger partial charge in [-0.15, -0.1) is 0 Å². The van der Waals surface area contributed by atoms with Crippen LogP contribution < -0.4 is 18.5 Å². The van der Waals surface area contributed by atoms with Crippen LogP contribution >= 0.6 is 11.6 Å². The number of methoxy groups -OCH3 is 3. The van der Waals surface area contributed by atoms with E-state index in [1.165, 1.54) is 58.1 Å². The molecule has 6 rings (SSSR count). The predicted molar refractivity (Wildman–Crippen MR) is 152 cm³/mol. The molecule has 0 spiro atoms. The van der Waals surface area contributed by atoms with Crippen molar-refractivity contribution in [3.63, 3.8) is 0 Å². The van der Waals surface area contributed by atoms with Crippen LogP contribution in [0, 0.1) is 0 Å². The number of rotatable bonds is 8. The molecule has 1 fully saturated rings. The van der Waals surface area contributed by atoms with Crippen LogP contribution in [0.5, 0.6) is 17.4 Å². The predicted octanol–water partition coefficient (Wildman–Crippen LogP) is 4.57. The maximum absolute atomic E-state index is 15.2. The van der Waals surface area contributed by atoms with Gasteiger partial charge in [0.25, 0.3) is 15.9 Å². The van der Waals surface area contributed by atoms with E-state index in [9.17, 15) is 8.42 Å². The highest BCUT2D eigenvalue weighted by atomic mass is 35.5. The molecule has 2 aliphatic rings. The van der Waals surface area contributed by atoms with Crippen molar-refractivity contribution in [2.45, 2.75) is 29.3 Å². The molecule has 11 nitrogen and oxygen atoms in total. The number of hydrogen-bond donors (Lipinski definition) is 0. The Labute approximate surface area is 247 Å². The second-order valence-corrected chi connectivity index (χ2v) is 11.9. The van der Waals surface area contributed by atoms with Crippen LogP contribution in [0.15, 0.2) is 76.5 Å². The Bertz CT molecular complexity index is 1770. The number of amides is 1. The molecule has 13 heteroatoms. The number of carbonyl (C=O) groups excluding carboxylic acids is 1. The first-order valence-corrected chi connectivity index (χ1v) is 14.9. The highest BCUT2D eigenvalue weighted by Gasteiger charge is 2.63. The summed E-state index contributed by atoms with van der Waals surface area (Å²) in [6.45, 7) is 0.419. The number of aromatic nitrogens is 2. The number of halogens is 1. The van der Waals surface area contributed by atoms with Crippen LogP contribution in [0.1, 0.15) is 35.9 Å². The highest BCUT2D eigenvalue weighted by Crippen LogP contribution is 2.56. The van der Waals surface area contributed by atoms with Gasteiger partial charge in [-0.3, -0.25) is 9.69 Å². The molecule has 1 amide bonds. The molecular formula is C29H27ClN4O7S. The fourth-order valence-electron chi connectivity index (χ4n) is 6.02. The smallest absolute Gasteiger partial charge is 0.274 e. The number of pyridine rings is 1. The van der Waals surface area contributed by atoms with Gasteiger partial charge < -0.3 is 18.6 Å². The molecule has 4 aromatic rings. The van der Waals surface area contributed by atoms with E-state index in [1.807, 2.05) is 4.90 Å². The molecule has 2 atom stereocenters. The summed E-state index contributed by atoms with van der Waals surface area (Å²) in [5, 5.41) is 0.321. The second kappa shape index (κ2) is 10.6. The van der Waals surface area contributed by atoms with E-state index in [1.54, 1.807) is 30.5 Å². The lowest BCUT2D eigenvalue weighted by molar-refractivity contribution is -0.127. The molecule has 2 aliphatic heterocycles. The van der Waals surface area contributed by atoms with Crippen molar-refractivity contribution in [2.75, 3.05) is 32.2 Å². The van der Waals surface area contributed by atoms with Crippen molar-refractivity contribution in [1.29, 1.82) is 0 Å². The molecule has 0 bridgehead atoms. The SMILES string of the molecule is COc1ccc(S(=O)(=O)N2C(=O)[C@@](c3cccnc3OC)(N3CCCC3c3ncco3)c3cc(Cl)ccc32)c(OC)c1. The second-order valence-electron chi connectivity index (χ2n) is 9.75. The first-order chi connectivity index (χ1) is 20.3. The minimum absolute atomic E-state index is 0.0213. The Kier molecular flexibility index (Phi) is 7.08. The van der Waals surface area contributed by atoms with Crippen molar-refractivity contribution in [3.8, 4) is 17.4 Å². The van der Waals surface area contributed by atoms with E-state index in [-0.39, 0.29) is 22.2 Å². The maximum Gasteiger partial charge on any atom is 0.274 e. The van der Waals surface area contributed by atoms with E-state index in [2.05, 4.69) is 9.97 Å². The fraction of sp³-hybridized carbons (Fsp3) is 0.276. The van der Waals surface area contributed by atoms with E-state index >= 15 is 4.79 Å². The zero-order chi connectivity index (χ0) is 29.6. The van der Waals surface area contributed by atoms with Gasteiger partial charge in [-0.05, 0) is 55.3 Å². The topological polar surface area (TPSA) is 124 Å². The van der Waals surface area contributed by atoms with Crippen LogP contribution in [0.4, 0.5) is 5.69 Å². The first kappa shape index (κ1) is 28.0. The Morgan fingerprint density at radius 2 is 1.83 bits per heavy atom. The van der Waals surface area contributed by atoms with Crippen LogP contribution in [0.3, 0.4) is 0 Å². The van der Waals surface area contributed by atoms with Gasteiger partial charge >= 0.3 is 0 Å². The summed E-state index contributed by atoms with van der Waals surface area (Å²) in [7, 11) is -0.288. The molecule has 218 valence electrons. The molecule has 0 saturated carbocycles. The molecule has 1 unspecified atom stereocenters. The van der Waals surface area contributed by atoms with Gasteiger partial charge in [0.2, 0.25) is 11.8 Å². The number of hydrogen-bond acceptors (Lipinski definition) is 10. The number of anilines is 1. The summed E-state index contributed by atoms with van der Waals surface area (Å²) in [6.07, 6.45) is 5.86. The van der Waals surface area contributed by atoms with E-state index in [0.29, 0.717) is 47.2 Å². The van der Waals surface area contributed by atoms with Crippen LogP contribution in [-0.2, 0) is 20.4 Å². The molecule has 2 aromatic carbocycles. The number of fused-ring (bicyclic) bond motifs is 1. The molecule has 4 heterocycles. The minimum atomic E-state index is -4.55. The van der Waals surface area contributed by atoms with Crippen molar-refractivity contribution in [3.05, 3.63) is 89.2 Å². The summed E-state index contributed by atoms with van der Waals surface area (Å²) in [6, 6.07) is 11.9. The summed E-state index contributed by atoms with van der Waals surface area (Å²) in [5.74, 6) is 0.238. The van der Waals surface area contributed by atoms with Crippen molar-refractivity contribution in [2.24, 2.45) is 0 Å². The van der Waals surface area contributed by atoms with Crippen molar-refractivity contribution in [1.82, 2.24) is 14.9 Å². The van der Waals surface area contributed by atoms with Gasteiger partial charge in [-0.2, -0.15) is 0 Å². The molecule has 0 aliphatic carbocycles. The number of nitrogens with zero attached hydrogens (tertiary/aromatic N) is 4. The zero-order valence-corrected chi connectivity index (χ0v) is 24.6. The van der Waals surface area contributed by atoms with Crippen LogP contribution in [-0.4, -0.2) is 57.1 Å². The number of benzene rings is 2. The normalized spacial score (nSPS) is 20.5. The summed E-state index contributed by atoms with van der Waals surface area (Å²) < 4.78 is 51.9. The van der Waals surface area contributed by atoms with E-state index in [4.69, 9.17) is 30.2 Å². The summed E-state index contributed by atoms with van der Waals surface area (Å²) >= 11 is 6.55. The van der Waals surface area contributed by atoms with Gasteiger partial charge in [0.15, 0.2) is 5.54 Å². The zero-order valence-electron chi connectivity index (χ0n) is 23.0. The van der Waals surface area contributed by atoms with Crippen molar-refractivity contribution < 1.29 is 31.8 Å². The van der Waals surface area contributed by atoms with Gasteiger partial charge in [-0.25, -0.2) is 22.7 Å². The monoisotopic (exact) mass is 610 g/mol. The molecule has 2 aromatic heterocycles. The molecular weight excluding hydrogens is 584 g/mol. The maximum atomic E-state index is 15.2. The van der Waals surface area contributed by atoms with Crippen LogP contribution in [0.25, 0.3) is 0 Å². The van der Waals surface area contributed by atoms with Crippen molar-refractivity contribution >= 4 is 33.2 Å². The number of carbonyl (C=O) groups is 1. The molecule has 42 heavy (non-hydrogen) atoms. The number of sulfonamides is 1. The third kappa shape index (κ3) is 4.04. The molecule has 0 N–H and O–H groups in total. The van der Waals surface area contributed by atoms with Gasteiger partial charge in [0, 0.05) is 35.0 Å². The molecule has 0 radical (unpaired) electrons. The Morgan fingerprint density at radius 3 is 2.55 bits per heavy atom. The number of ether oxygens (including phenoxy) is 3. The highest BCUT2D eigenvalue weighted by molar-refractivity contribution is 7.93. The Balaban J connectivity index is 1.66. The van der Waals surface area contributed by atoms with Gasteiger partial charge in [0.05, 0.1) is 39.3 Å². The third-order valence-corrected chi connectivity index (χ3v) is 9.70. The minimum Gasteiger partial charge on any atom is -0.497 e. The van der Waals surface area contributed by atoms with Gasteiger partial charge in [-0.1, -0.05) is 11.6 Å². The van der Waals surface area contributed by atoms with Crippen LogP contribution in [0.2, 0.25) is 5.02 Å². The van der Waals surface area contributed by atoms with E-state index in [0.717, 1.165) is 4.31 Å². The summed E-state index contributed by atoms with van der Waals surface area (Å²) in [4.78, 5) is 25.7. The first-order valence-electron chi connectivity index (χ1n) is 13.1. The Hall–Kier alpha value is -4.13. The van der Waals surface area contributed by atoms with Gasteiger partial charge in [0.1, 0.15) is 22.7 Å². The largest absolute Gasteiger partial charge is 0.497 e. The summed E-state index contributed by atoms with van der Waals surface area (Å²) in [5.41, 5.74) is -0.853. The number of likely N-dealkylation sites (tertiary alicyclic amines) is 1. The average Bonchev–Trinajstić information content (AvgIpc) is 3.75. The standard InChI is InChI=1S/C29H27ClN4O7S/c1-38-19-9-11-25(24(17-19)39-2)42(36,37)34-22-10-8-18(30)16-21(22)29(28(34)35,20-6-4-12-31-26(20)40-3)33-14-5-7-23(33)27-32-13-15-41-27/h4,6,8-13,15-17,23H,5,7,14H2,1-3H3/t23?,29-/m0/s1.